The number of nitrogens with zero attached hydrogens (tertiary/aromatic N) is 3. The molecule has 2 aromatic heterocycles. The van der Waals surface area contributed by atoms with Crippen LogP contribution in [0.3, 0.4) is 0 Å². The summed E-state index contributed by atoms with van der Waals surface area (Å²) in [6.45, 7) is 0. The van der Waals surface area contributed by atoms with E-state index >= 15 is 0 Å². The van der Waals surface area contributed by atoms with Crippen molar-refractivity contribution in [2.45, 2.75) is 44.6 Å². The molecule has 2 fully saturated rings. The van der Waals surface area contributed by atoms with Crippen molar-refractivity contribution in [1.82, 2.24) is 14.9 Å². The molecule has 33 heavy (non-hydrogen) atoms. The Kier molecular flexibility index (Phi) is 5.40. The number of carbonyl (C=O) groups is 1. The van der Waals surface area contributed by atoms with Crippen molar-refractivity contribution in [1.29, 1.82) is 0 Å². The van der Waals surface area contributed by atoms with Gasteiger partial charge in [0.05, 0.1) is 16.1 Å². The summed E-state index contributed by atoms with van der Waals surface area (Å²) in [6, 6.07) is 7.53. The SMILES string of the molecule is CN(C)c1ccc2c(=O)c(C(=O)NC3CC34CCCCC4)cn(-c3ccc(F)cc3Cl)c2n1. The van der Waals surface area contributed by atoms with Crippen LogP contribution >= 0.6 is 11.6 Å². The molecule has 2 aliphatic rings. The summed E-state index contributed by atoms with van der Waals surface area (Å²) < 4.78 is 15.3. The topological polar surface area (TPSA) is 67.2 Å². The summed E-state index contributed by atoms with van der Waals surface area (Å²) in [5.74, 6) is -0.221. The van der Waals surface area contributed by atoms with Gasteiger partial charge in [0.25, 0.3) is 5.91 Å². The van der Waals surface area contributed by atoms with E-state index in [1.807, 2.05) is 19.0 Å². The molecular formula is C25H26ClFN4O2. The quantitative estimate of drug-likeness (QED) is 0.602. The first-order valence-corrected chi connectivity index (χ1v) is 11.7. The van der Waals surface area contributed by atoms with E-state index in [4.69, 9.17) is 11.6 Å². The first-order chi connectivity index (χ1) is 15.8. The van der Waals surface area contributed by atoms with Crippen LogP contribution in [0.4, 0.5) is 10.2 Å². The average molecular weight is 469 g/mol. The molecule has 1 aromatic carbocycles. The maximum atomic E-state index is 13.7. The summed E-state index contributed by atoms with van der Waals surface area (Å²) in [5, 5.41) is 3.56. The zero-order valence-corrected chi connectivity index (χ0v) is 19.5. The summed E-state index contributed by atoms with van der Waals surface area (Å²) >= 11 is 6.35. The Morgan fingerprint density at radius 2 is 1.97 bits per heavy atom. The number of rotatable bonds is 4. The van der Waals surface area contributed by atoms with Crippen LogP contribution in [0.15, 0.2) is 41.3 Å². The van der Waals surface area contributed by atoms with Crippen molar-refractivity contribution in [3.63, 3.8) is 0 Å². The smallest absolute Gasteiger partial charge is 0.257 e. The van der Waals surface area contributed by atoms with Crippen LogP contribution in [0.1, 0.15) is 48.9 Å². The van der Waals surface area contributed by atoms with E-state index in [1.165, 1.54) is 43.7 Å². The second kappa shape index (κ2) is 8.13. The predicted octanol–water partition coefficient (Wildman–Crippen LogP) is 4.70. The van der Waals surface area contributed by atoms with Crippen LogP contribution in [0.5, 0.6) is 0 Å². The Morgan fingerprint density at radius 3 is 2.67 bits per heavy atom. The molecule has 1 unspecified atom stereocenters. The number of carbonyl (C=O) groups excluding carboxylic acids is 1. The van der Waals surface area contributed by atoms with Crippen LogP contribution in [-0.4, -0.2) is 35.6 Å². The number of hydrogen-bond donors (Lipinski definition) is 1. The van der Waals surface area contributed by atoms with Crippen LogP contribution in [0.2, 0.25) is 5.02 Å². The van der Waals surface area contributed by atoms with E-state index in [-0.39, 0.29) is 27.5 Å². The standard InChI is InChI=1S/C25H26ClFN4O2/c1-30(2)21-9-7-16-22(32)17(24(33)28-20-13-25(20)10-4-3-5-11-25)14-31(23(16)29-21)19-8-6-15(27)12-18(19)26/h6-9,12,14,20H,3-5,10-11,13H2,1-2H3,(H,28,33). The van der Waals surface area contributed by atoms with Gasteiger partial charge in [-0.15, -0.1) is 0 Å². The number of fused-ring (bicyclic) bond motifs is 1. The van der Waals surface area contributed by atoms with E-state index in [0.29, 0.717) is 22.5 Å². The monoisotopic (exact) mass is 468 g/mol. The summed E-state index contributed by atoms with van der Waals surface area (Å²) in [4.78, 5) is 33.0. The van der Waals surface area contributed by atoms with Gasteiger partial charge < -0.3 is 10.2 Å². The molecule has 8 heteroatoms. The third kappa shape index (κ3) is 3.88. The van der Waals surface area contributed by atoms with Crippen molar-refractivity contribution >= 4 is 34.4 Å². The highest BCUT2D eigenvalue weighted by molar-refractivity contribution is 6.32. The molecule has 2 saturated carbocycles. The Hall–Kier alpha value is -2.93. The van der Waals surface area contributed by atoms with Gasteiger partial charge in [0.2, 0.25) is 5.43 Å². The molecule has 6 nitrogen and oxygen atoms in total. The van der Waals surface area contributed by atoms with Gasteiger partial charge >= 0.3 is 0 Å². The third-order valence-corrected chi connectivity index (χ3v) is 7.36. The lowest BCUT2D eigenvalue weighted by Gasteiger charge is -2.22. The van der Waals surface area contributed by atoms with E-state index in [0.717, 1.165) is 19.3 Å². The van der Waals surface area contributed by atoms with Crippen molar-refractivity contribution in [2.24, 2.45) is 5.41 Å². The molecule has 172 valence electrons. The van der Waals surface area contributed by atoms with Gasteiger partial charge in [-0.1, -0.05) is 30.9 Å². The molecule has 1 atom stereocenters. The first-order valence-electron chi connectivity index (χ1n) is 11.3. The van der Waals surface area contributed by atoms with E-state index in [1.54, 1.807) is 16.7 Å². The van der Waals surface area contributed by atoms with Gasteiger partial charge in [0.1, 0.15) is 17.2 Å². The molecule has 1 amide bonds. The minimum Gasteiger partial charge on any atom is -0.363 e. The number of hydrogen-bond acceptors (Lipinski definition) is 4. The second-order valence-corrected chi connectivity index (χ2v) is 9.83. The average Bonchev–Trinajstić information content (AvgIpc) is 3.44. The molecule has 1 N–H and O–H groups in total. The predicted molar refractivity (Wildman–Crippen MR) is 128 cm³/mol. The molecule has 2 aliphatic carbocycles. The van der Waals surface area contributed by atoms with Crippen molar-refractivity contribution < 1.29 is 9.18 Å². The lowest BCUT2D eigenvalue weighted by Crippen LogP contribution is -2.34. The lowest BCUT2D eigenvalue weighted by molar-refractivity contribution is 0.0940. The molecule has 1 spiro atoms. The zero-order valence-electron chi connectivity index (χ0n) is 18.7. The van der Waals surface area contributed by atoms with Gasteiger partial charge in [-0.25, -0.2) is 9.37 Å². The highest BCUT2D eigenvalue weighted by Crippen LogP contribution is 2.56. The van der Waals surface area contributed by atoms with Gasteiger partial charge in [0, 0.05) is 26.3 Å². The normalized spacial score (nSPS) is 19.0. The van der Waals surface area contributed by atoms with Crippen molar-refractivity contribution in [3.8, 4) is 5.69 Å². The number of halogens is 2. The fourth-order valence-corrected chi connectivity index (χ4v) is 5.32. The van der Waals surface area contributed by atoms with Gasteiger partial charge in [-0.2, -0.15) is 0 Å². The van der Waals surface area contributed by atoms with Gasteiger partial charge in [0.15, 0.2) is 5.65 Å². The number of amides is 1. The van der Waals surface area contributed by atoms with Crippen LogP contribution in [0.25, 0.3) is 16.7 Å². The molecule has 5 rings (SSSR count). The minimum absolute atomic E-state index is 0.0279. The Labute approximate surface area is 196 Å². The number of anilines is 1. The first kappa shape index (κ1) is 21.9. The summed E-state index contributed by atoms with van der Waals surface area (Å²) in [7, 11) is 3.69. The van der Waals surface area contributed by atoms with Gasteiger partial charge in [-0.3, -0.25) is 14.2 Å². The fraction of sp³-hybridized carbons (Fsp3) is 0.400. The van der Waals surface area contributed by atoms with E-state index in [9.17, 15) is 14.0 Å². The molecule has 2 heterocycles. The highest BCUT2D eigenvalue weighted by atomic mass is 35.5. The van der Waals surface area contributed by atoms with Gasteiger partial charge in [-0.05, 0) is 55.0 Å². The molecule has 0 radical (unpaired) electrons. The fourth-order valence-electron chi connectivity index (χ4n) is 5.06. The van der Waals surface area contributed by atoms with E-state index < -0.39 is 11.7 Å². The molecule has 0 bridgehead atoms. The molecule has 0 saturated heterocycles. The number of pyridine rings is 2. The lowest BCUT2D eigenvalue weighted by atomic mass is 9.86. The molecule has 0 aliphatic heterocycles. The van der Waals surface area contributed by atoms with E-state index in [2.05, 4.69) is 10.3 Å². The second-order valence-electron chi connectivity index (χ2n) is 9.43. The van der Waals surface area contributed by atoms with Crippen molar-refractivity contribution in [3.05, 3.63) is 63.2 Å². The van der Waals surface area contributed by atoms with Crippen molar-refractivity contribution in [2.75, 3.05) is 19.0 Å². The van der Waals surface area contributed by atoms with Crippen LogP contribution in [0, 0.1) is 11.2 Å². The molecular weight excluding hydrogens is 443 g/mol. The summed E-state index contributed by atoms with van der Waals surface area (Å²) in [6.07, 6.45) is 8.33. The Morgan fingerprint density at radius 1 is 1.21 bits per heavy atom. The highest BCUT2D eigenvalue weighted by Gasteiger charge is 2.54. The Bertz CT molecular complexity index is 1310. The molecule has 3 aromatic rings. The minimum atomic E-state index is -0.472. The number of benzene rings is 1. The third-order valence-electron chi connectivity index (χ3n) is 7.05. The largest absolute Gasteiger partial charge is 0.363 e. The van der Waals surface area contributed by atoms with Crippen LogP contribution < -0.4 is 15.6 Å². The number of aromatic nitrogens is 2. The number of nitrogens with one attached hydrogen (secondary N) is 1. The Balaban J connectivity index is 1.61. The van der Waals surface area contributed by atoms with Crippen LogP contribution in [-0.2, 0) is 0 Å². The maximum Gasteiger partial charge on any atom is 0.257 e. The summed E-state index contributed by atoms with van der Waals surface area (Å²) in [5.41, 5.74) is 0.641. The zero-order chi connectivity index (χ0) is 23.3. The maximum absolute atomic E-state index is 13.7.